The summed E-state index contributed by atoms with van der Waals surface area (Å²) in [7, 11) is 0. The van der Waals surface area contributed by atoms with Crippen LogP contribution in [0.4, 0.5) is 0 Å². The van der Waals surface area contributed by atoms with Gasteiger partial charge in [0.2, 0.25) is 0 Å². The first-order valence-corrected chi connectivity index (χ1v) is 10.2. The second-order valence-electron chi connectivity index (χ2n) is 7.38. The Hall–Kier alpha value is -2.05. The summed E-state index contributed by atoms with van der Waals surface area (Å²) in [5.74, 6) is 1.06. The third kappa shape index (κ3) is 4.28. The zero-order chi connectivity index (χ0) is 18.5. The molecule has 0 amide bonds. The van der Waals surface area contributed by atoms with E-state index in [2.05, 4.69) is 57.5 Å². The van der Waals surface area contributed by atoms with E-state index >= 15 is 0 Å². The fourth-order valence-corrected chi connectivity index (χ4v) is 4.22. The van der Waals surface area contributed by atoms with Crippen molar-refractivity contribution in [2.45, 2.75) is 25.8 Å². The number of aromatic amines is 1. The van der Waals surface area contributed by atoms with Gasteiger partial charge in [0.1, 0.15) is 0 Å². The molecular weight excluding hydrogens is 338 g/mol. The maximum absolute atomic E-state index is 5.50. The van der Waals surface area contributed by atoms with Crippen molar-refractivity contribution in [3.05, 3.63) is 36.0 Å². The van der Waals surface area contributed by atoms with Gasteiger partial charge in [0.15, 0.2) is 5.96 Å². The van der Waals surface area contributed by atoms with Gasteiger partial charge in [-0.2, -0.15) is 0 Å². The molecule has 4 rings (SSSR count). The zero-order valence-corrected chi connectivity index (χ0v) is 16.3. The summed E-state index contributed by atoms with van der Waals surface area (Å²) < 4.78 is 5.50. The number of fused-ring (bicyclic) bond motifs is 1. The molecule has 2 saturated heterocycles. The van der Waals surface area contributed by atoms with Gasteiger partial charge in [-0.1, -0.05) is 18.2 Å². The minimum atomic E-state index is 0.631. The monoisotopic (exact) mass is 369 g/mol. The molecule has 6 nitrogen and oxygen atoms in total. The van der Waals surface area contributed by atoms with Gasteiger partial charge in [0.05, 0.1) is 13.2 Å². The van der Waals surface area contributed by atoms with Crippen LogP contribution in [0.5, 0.6) is 0 Å². The van der Waals surface area contributed by atoms with Crippen LogP contribution in [-0.2, 0) is 11.2 Å². The summed E-state index contributed by atoms with van der Waals surface area (Å²) in [6.07, 6.45) is 4.30. The zero-order valence-electron chi connectivity index (χ0n) is 16.3. The van der Waals surface area contributed by atoms with E-state index in [0.717, 1.165) is 64.9 Å². The van der Waals surface area contributed by atoms with Crippen molar-refractivity contribution in [1.82, 2.24) is 20.1 Å². The highest BCUT2D eigenvalue weighted by atomic mass is 16.5. The predicted octanol–water partition coefficient (Wildman–Crippen LogP) is 2.08. The summed E-state index contributed by atoms with van der Waals surface area (Å²) in [5.41, 5.74) is 2.55. The fraction of sp³-hybridized carbons (Fsp3) is 0.571. The Morgan fingerprint density at radius 1 is 1.26 bits per heavy atom. The Labute approximate surface area is 161 Å². The molecule has 0 bridgehead atoms. The number of nitrogens with zero attached hydrogens (tertiary/aromatic N) is 3. The van der Waals surface area contributed by atoms with E-state index in [1.807, 2.05) is 0 Å². The Kier molecular flexibility index (Phi) is 5.94. The molecule has 3 heterocycles. The second-order valence-corrected chi connectivity index (χ2v) is 7.38. The van der Waals surface area contributed by atoms with Crippen LogP contribution >= 0.6 is 0 Å². The van der Waals surface area contributed by atoms with E-state index in [0.29, 0.717) is 6.04 Å². The number of aliphatic imine (C=N–C) groups is 1. The molecule has 1 aromatic carbocycles. The number of H-pyrrole nitrogens is 1. The highest BCUT2D eigenvalue weighted by molar-refractivity contribution is 5.83. The molecule has 6 heteroatoms. The quantitative estimate of drug-likeness (QED) is 0.626. The molecular formula is C21H31N5O. The first-order chi connectivity index (χ1) is 13.3. The van der Waals surface area contributed by atoms with E-state index in [-0.39, 0.29) is 0 Å². The largest absolute Gasteiger partial charge is 0.379 e. The van der Waals surface area contributed by atoms with Gasteiger partial charge < -0.3 is 19.9 Å². The molecule has 1 unspecified atom stereocenters. The molecule has 2 aliphatic heterocycles. The van der Waals surface area contributed by atoms with E-state index in [1.165, 1.54) is 22.9 Å². The molecule has 2 N–H and O–H groups in total. The fourth-order valence-electron chi connectivity index (χ4n) is 4.22. The molecule has 0 aliphatic carbocycles. The molecule has 2 fully saturated rings. The van der Waals surface area contributed by atoms with E-state index in [4.69, 9.17) is 9.73 Å². The number of ether oxygens (including phenoxy) is 1. The molecule has 0 spiro atoms. The van der Waals surface area contributed by atoms with Crippen LogP contribution in [-0.4, -0.2) is 79.3 Å². The minimum absolute atomic E-state index is 0.631. The first-order valence-electron chi connectivity index (χ1n) is 10.2. The van der Waals surface area contributed by atoms with E-state index in [1.54, 1.807) is 0 Å². The normalized spacial score (nSPS) is 21.9. The number of para-hydroxylation sites is 1. The van der Waals surface area contributed by atoms with Crippen LogP contribution in [0.2, 0.25) is 0 Å². The van der Waals surface area contributed by atoms with Gasteiger partial charge in [0, 0.05) is 62.4 Å². The van der Waals surface area contributed by atoms with Crippen molar-refractivity contribution < 1.29 is 4.74 Å². The lowest BCUT2D eigenvalue weighted by Crippen LogP contribution is -2.46. The Balaban J connectivity index is 1.37. The van der Waals surface area contributed by atoms with Crippen molar-refractivity contribution in [2.75, 3.05) is 52.5 Å². The Morgan fingerprint density at radius 2 is 2.11 bits per heavy atom. The lowest BCUT2D eigenvalue weighted by Gasteiger charge is -2.32. The average molecular weight is 370 g/mol. The van der Waals surface area contributed by atoms with Crippen LogP contribution in [0.1, 0.15) is 18.9 Å². The number of hydrogen-bond donors (Lipinski definition) is 2. The summed E-state index contributed by atoms with van der Waals surface area (Å²) in [6, 6.07) is 9.11. The van der Waals surface area contributed by atoms with Crippen molar-refractivity contribution in [3.8, 4) is 0 Å². The summed E-state index contributed by atoms with van der Waals surface area (Å²) in [4.78, 5) is 13.3. The van der Waals surface area contributed by atoms with Crippen molar-refractivity contribution in [1.29, 1.82) is 0 Å². The van der Waals surface area contributed by atoms with Crippen LogP contribution in [0, 0.1) is 0 Å². The number of morpholine rings is 1. The van der Waals surface area contributed by atoms with Crippen molar-refractivity contribution in [3.63, 3.8) is 0 Å². The summed E-state index contributed by atoms with van der Waals surface area (Å²) >= 11 is 0. The first kappa shape index (κ1) is 18.3. The van der Waals surface area contributed by atoms with Crippen LogP contribution in [0.15, 0.2) is 35.5 Å². The third-order valence-electron chi connectivity index (χ3n) is 5.68. The Morgan fingerprint density at radius 3 is 2.96 bits per heavy atom. The Bertz CT molecular complexity index is 765. The molecule has 2 aromatic rings. The molecule has 1 atom stereocenters. The van der Waals surface area contributed by atoms with Gasteiger partial charge >= 0.3 is 0 Å². The SMILES string of the molecule is CCNC(=NCCc1c[nH]c2ccccc12)N1CCC(N2CCOCC2)C1. The van der Waals surface area contributed by atoms with Crippen LogP contribution in [0.3, 0.4) is 0 Å². The second kappa shape index (κ2) is 8.76. The highest BCUT2D eigenvalue weighted by Gasteiger charge is 2.30. The van der Waals surface area contributed by atoms with Gasteiger partial charge in [-0.3, -0.25) is 9.89 Å². The van der Waals surface area contributed by atoms with E-state index in [9.17, 15) is 0 Å². The van der Waals surface area contributed by atoms with Crippen LogP contribution < -0.4 is 5.32 Å². The number of likely N-dealkylation sites (tertiary alicyclic amines) is 1. The molecule has 0 saturated carbocycles. The van der Waals surface area contributed by atoms with Gasteiger partial charge in [-0.15, -0.1) is 0 Å². The number of aromatic nitrogens is 1. The summed E-state index contributed by atoms with van der Waals surface area (Å²) in [6.45, 7) is 9.88. The molecule has 2 aliphatic rings. The third-order valence-corrected chi connectivity index (χ3v) is 5.68. The number of rotatable bonds is 5. The van der Waals surface area contributed by atoms with E-state index < -0.39 is 0 Å². The standard InChI is InChI=1S/C21H31N5O/c1-2-22-21(26-10-8-18(16-26)25-11-13-27-14-12-25)23-9-7-17-15-24-20-6-4-3-5-19(17)20/h3-6,15,18,24H,2,7-14,16H2,1H3,(H,22,23). The lowest BCUT2D eigenvalue weighted by atomic mass is 10.1. The van der Waals surface area contributed by atoms with Gasteiger partial charge in [0.25, 0.3) is 0 Å². The van der Waals surface area contributed by atoms with Crippen LogP contribution in [0.25, 0.3) is 10.9 Å². The predicted molar refractivity (Wildman–Crippen MR) is 110 cm³/mol. The number of hydrogen-bond acceptors (Lipinski definition) is 3. The molecule has 27 heavy (non-hydrogen) atoms. The van der Waals surface area contributed by atoms with Crippen molar-refractivity contribution in [2.24, 2.45) is 4.99 Å². The maximum Gasteiger partial charge on any atom is 0.193 e. The molecule has 146 valence electrons. The minimum Gasteiger partial charge on any atom is -0.379 e. The number of nitrogens with one attached hydrogen (secondary N) is 2. The average Bonchev–Trinajstić information content (AvgIpc) is 3.36. The molecule has 0 radical (unpaired) electrons. The topological polar surface area (TPSA) is 55.9 Å². The van der Waals surface area contributed by atoms with Gasteiger partial charge in [-0.25, -0.2) is 0 Å². The smallest absolute Gasteiger partial charge is 0.193 e. The lowest BCUT2D eigenvalue weighted by molar-refractivity contribution is 0.0195. The van der Waals surface area contributed by atoms with Gasteiger partial charge in [-0.05, 0) is 31.4 Å². The molecule has 1 aromatic heterocycles. The summed E-state index contributed by atoms with van der Waals surface area (Å²) in [5, 5.41) is 4.80. The maximum atomic E-state index is 5.50. The van der Waals surface area contributed by atoms with Crippen molar-refractivity contribution >= 4 is 16.9 Å². The number of benzene rings is 1. The number of guanidine groups is 1. The highest BCUT2D eigenvalue weighted by Crippen LogP contribution is 2.19.